The van der Waals surface area contributed by atoms with E-state index < -0.39 is 35.8 Å². The summed E-state index contributed by atoms with van der Waals surface area (Å²) in [6, 6.07) is 0.234. The zero-order valence-electron chi connectivity index (χ0n) is 7.73. The first-order valence-electron chi connectivity index (χ1n) is 3.89. The second-order valence-electron chi connectivity index (χ2n) is 2.76. The van der Waals surface area contributed by atoms with Crippen LogP contribution in [0.25, 0.3) is 0 Å². The van der Waals surface area contributed by atoms with Crippen LogP contribution < -0.4 is 4.74 Å². The average Bonchev–Trinajstić information content (AvgIpc) is 2.11. The third-order valence-electron chi connectivity index (χ3n) is 1.35. The van der Waals surface area contributed by atoms with Crippen molar-refractivity contribution in [3.8, 4) is 5.88 Å². The van der Waals surface area contributed by atoms with E-state index in [-0.39, 0.29) is 6.07 Å². The largest absolute Gasteiger partial charge is 0.468 e. The van der Waals surface area contributed by atoms with Crippen LogP contribution in [-0.2, 0) is 6.18 Å². The maximum atomic E-state index is 12.2. The Morgan fingerprint density at radius 3 is 2.18 bits per heavy atom. The van der Waals surface area contributed by atoms with Crippen LogP contribution in [0.2, 0.25) is 5.28 Å². The van der Waals surface area contributed by atoms with Gasteiger partial charge in [0.1, 0.15) is 0 Å². The van der Waals surface area contributed by atoms with Crippen molar-refractivity contribution >= 4 is 11.6 Å². The standard InChI is InChI=1S/C7H3ClF6N2O/c8-5-15-3(7(12,13)14)1-4(16-5)17-2-6(9,10)11/h1H,2H2. The molecule has 0 aromatic carbocycles. The molecule has 0 aliphatic carbocycles. The molecule has 3 nitrogen and oxygen atoms in total. The van der Waals surface area contributed by atoms with Crippen molar-refractivity contribution in [1.29, 1.82) is 0 Å². The van der Waals surface area contributed by atoms with Gasteiger partial charge in [-0.05, 0) is 11.6 Å². The van der Waals surface area contributed by atoms with Gasteiger partial charge in [-0.25, -0.2) is 4.98 Å². The summed E-state index contributed by atoms with van der Waals surface area (Å²) >= 11 is 5.12. The third-order valence-corrected chi connectivity index (χ3v) is 1.52. The van der Waals surface area contributed by atoms with Gasteiger partial charge in [-0.1, -0.05) is 0 Å². The van der Waals surface area contributed by atoms with Gasteiger partial charge in [0.2, 0.25) is 11.2 Å². The molecule has 0 saturated carbocycles. The molecule has 0 radical (unpaired) electrons. The second-order valence-corrected chi connectivity index (χ2v) is 3.10. The van der Waals surface area contributed by atoms with Gasteiger partial charge in [0, 0.05) is 6.07 Å². The molecule has 17 heavy (non-hydrogen) atoms. The molecule has 1 aromatic heterocycles. The molecule has 0 fully saturated rings. The Hall–Kier alpha value is -1.25. The zero-order valence-corrected chi connectivity index (χ0v) is 8.49. The Balaban J connectivity index is 2.91. The monoisotopic (exact) mass is 280 g/mol. The predicted molar refractivity (Wildman–Crippen MR) is 43.6 cm³/mol. The first-order valence-corrected chi connectivity index (χ1v) is 4.27. The first kappa shape index (κ1) is 13.8. The van der Waals surface area contributed by atoms with E-state index in [2.05, 4.69) is 14.7 Å². The fraction of sp³-hybridized carbons (Fsp3) is 0.429. The smallest absolute Gasteiger partial charge is 0.433 e. The molecule has 1 heterocycles. The molecular formula is C7H3ClF6N2O. The molecule has 1 aromatic rings. The molecule has 0 atom stereocenters. The van der Waals surface area contributed by atoms with Crippen molar-refractivity contribution < 1.29 is 31.1 Å². The number of rotatable bonds is 2. The summed E-state index contributed by atoms with van der Waals surface area (Å²) in [6.45, 7) is -1.77. The number of aromatic nitrogens is 2. The lowest BCUT2D eigenvalue weighted by Gasteiger charge is -2.10. The number of hydrogen-bond acceptors (Lipinski definition) is 3. The molecule has 0 unspecified atom stereocenters. The van der Waals surface area contributed by atoms with Crippen LogP contribution in [0.5, 0.6) is 5.88 Å². The van der Waals surface area contributed by atoms with Crippen molar-refractivity contribution in [3.05, 3.63) is 17.0 Å². The van der Waals surface area contributed by atoms with E-state index in [0.717, 1.165) is 0 Å². The van der Waals surface area contributed by atoms with Crippen molar-refractivity contribution in [1.82, 2.24) is 9.97 Å². The number of nitrogens with zero attached hydrogens (tertiary/aromatic N) is 2. The van der Waals surface area contributed by atoms with Crippen molar-refractivity contribution in [3.63, 3.8) is 0 Å². The van der Waals surface area contributed by atoms with Crippen LogP contribution in [0.4, 0.5) is 26.3 Å². The van der Waals surface area contributed by atoms with Gasteiger partial charge in [0.25, 0.3) is 0 Å². The lowest BCUT2D eigenvalue weighted by molar-refractivity contribution is -0.154. The lowest BCUT2D eigenvalue weighted by Crippen LogP contribution is -2.20. The Labute approximate surface area is 95.4 Å². The van der Waals surface area contributed by atoms with Gasteiger partial charge in [-0.2, -0.15) is 31.3 Å². The van der Waals surface area contributed by atoms with E-state index in [0.29, 0.717) is 0 Å². The van der Waals surface area contributed by atoms with Gasteiger partial charge in [-0.15, -0.1) is 0 Å². The summed E-state index contributed by atoms with van der Waals surface area (Å²) in [6.07, 6.45) is -9.53. The molecule has 0 amide bonds. The van der Waals surface area contributed by atoms with Crippen LogP contribution in [0.3, 0.4) is 0 Å². The summed E-state index contributed by atoms with van der Waals surface area (Å²) < 4.78 is 75.9. The SMILES string of the molecule is FC(F)(F)COc1cc(C(F)(F)F)nc(Cl)n1. The highest BCUT2D eigenvalue weighted by Crippen LogP contribution is 2.30. The molecule has 0 N–H and O–H groups in total. The molecule has 0 spiro atoms. The van der Waals surface area contributed by atoms with Gasteiger partial charge in [-0.3, -0.25) is 0 Å². The predicted octanol–water partition coefficient (Wildman–Crippen LogP) is 3.09. The zero-order chi connectivity index (χ0) is 13.3. The Bertz CT molecular complexity index is 404. The summed E-state index contributed by atoms with van der Waals surface area (Å²) in [5, 5.41) is -0.850. The van der Waals surface area contributed by atoms with Crippen LogP contribution in [0, 0.1) is 0 Å². The van der Waals surface area contributed by atoms with Crippen LogP contribution in [0.15, 0.2) is 6.07 Å². The Kier molecular flexibility index (Phi) is 3.70. The quantitative estimate of drug-likeness (QED) is 0.617. The van der Waals surface area contributed by atoms with Crippen LogP contribution in [0.1, 0.15) is 5.69 Å². The van der Waals surface area contributed by atoms with E-state index in [1.807, 2.05) is 0 Å². The van der Waals surface area contributed by atoms with E-state index in [9.17, 15) is 26.3 Å². The second kappa shape index (κ2) is 4.55. The van der Waals surface area contributed by atoms with Crippen molar-refractivity contribution in [2.75, 3.05) is 6.61 Å². The number of ether oxygens (including phenoxy) is 1. The van der Waals surface area contributed by atoms with Crippen LogP contribution in [-0.4, -0.2) is 22.8 Å². The molecular weight excluding hydrogens is 278 g/mol. The first-order chi connectivity index (χ1) is 7.58. The lowest BCUT2D eigenvalue weighted by atomic mass is 10.4. The maximum Gasteiger partial charge on any atom is 0.433 e. The van der Waals surface area contributed by atoms with Crippen LogP contribution >= 0.6 is 11.6 Å². The van der Waals surface area contributed by atoms with E-state index in [4.69, 9.17) is 11.6 Å². The third kappa shape index (κ3) is 4.63. The minimum atomic E-state index is -4.84. The van der Waals surface area contributed by atoms with E-state index >= 15 is 0 Å². The topological polar surface area (TPSA) is 35.0 Å². The highest BCUT2D eigenvalue weighted by molar-refractivity contribution is 6.28. The maximum absolute atomic E-state index is 12.2. The van der Waals surface area contributed by atoms with Crippen molar-refractivity contribution in [2.24, 2.45) is 0 Å². The minimum Gasteiger partial charge on any atom is -0.468 e. The summed E-state index contributed by atoms with van der Waals surface area (Å²) in [5.74, 6) is -0.894. The number of alkyl halides is 6. The molecule has 0 aliphatic rings. The normalized spacial score (nSPS) is 12.6. The highest BCUT2D eigenvalue weighted by Gasteiger charge is 2.34. The molecule has 96 valence electrons. The molecule has 0 aliphatic heterocycles. The average molecular weight is 281 g/mol. The summed E-state index contributed by atoms with van der Waals surface area (Å²) in [4.78, 5) is 5.90. The number of halogens is 7. The Morgan fingerprint density at radius 2 is 1.71 bits per heavy atom. The molecule has 0 bridgehead atoms. The fourth-order valence-electron chi connectivity index (χ4n) is 0.772. The molecule has 10 heteroatoms. The van der Waals surface area contributed by atoms with Crippen molar-refractivity contribution in [2.45, 2.75) is 12.4 Å². The minimum absolute atomic E-state index is 0.234. The van der Waals surface area contributed by atoms with E-state index in [1.165, 1.54) is 0 Å². The van der Waals surface area contributed by atoms with Gasteiger partial charge in [0.05, 0.1) is 0 Å². The summed E-state index contributed by atoms with van der Waals surface area (Å²) in [5.41, 5.74) is -1.48. The fourth-order valence-corrected chi connectivity index (χ4v) is 0.946. The number of hydrogen-bond donors (Lipinski definition) is 0. The Morgan fingerprint density at radius 1 is 1.12 bits per heavy atom. The van der Waals surface area contributed by atoms with Gasteiger partial charge >= 0.3 is 12.4 Å². The molecule has 0 saturated heterocycles. The van der Waals surface area contributed by atoms with Gasteiger partial charge in [0.15, 0.2) is 12.3 Å². The highest BCUT2D eigenvalue weighted by atomic mass is 35.5. The summed E-state index contributed by atoms with van der Waals surface area (Å²) in [7, 11) is 0. The molecule has 1 rings (SSSR count). The van der Waals surface area contributed by atoms with E-state index in [1.54, 1.807) is 0 Å². The van der Waals surface area contributed by atoms with Gasteiger partial charge < -0.3 is 4.74 Å².